The van der Waals surface area contributed by atoms with Gasteiger partial charge in [0.25, 0.3) is 0 Å². The number of morpholine rings is 1. The molecule has 0 radical (unpaired) electrons. The first kappa shape index (κ1) is 20.6. The number of carbonyl (C=O) groups is 2. The summed E-state index contributed by atoms with van der Waals surface area (Å²) in [6.45, 7) is 9.58. The fourth-order valence-corrected chi connectivity index (χ4v) is 5.53. The van der Waals surface area contributed by atoms with Crippen molar-refractivity contribution in [1.82, 2.24) is 20.1 Å². The molecule has 0 unspecified atom stereocenters. The number of amides is 3. The molecule has 1 aromatic rings. The third-order valence-corrected chi connectivity index (χ3v) is 7.13. The van der Waals surface area contributed by atoms with E-state index in [0.717, 1.165) is 38.8 Å². The maximum Gasteiger partial charge on any atom is 0.320 e. The summed E-state index contributed by atoms with van der Waals surface area (Å²) in [6, 6.07) is 0.0272. The Hall–Kier alpha value is -1.67. The van der Waals surface area contributed by atoms with E-state index in [1.54, 1.807) is 11.3 Å². The molecule has 3 aliphatic rings. The molecule has 2 atom stereocenters. The van der Waals surface area contributed by atoms with E-state index in [4.69, 9.17) is 9.72 Å². The number of urea groups is 1. The first-order valence-corrected chi connectivity index (χ1v) is 11.6. The number of rotatable bonds is 2. The smallest absolute Gasteiger partial charge is 0.320 e. The van der Waals surface area contributed by atoms with Crippen LogP contribution in [0.15, 0.2) is 5.38 Å². The van der Waals surface area contributed by atoms with Crippen molar-refractivity contribution in [1.29, 1.82) is 0 Å². The van der Waals surface area contributed by atoms with Crippen LogP contribution < -0.4 is 5.32 Å². The summed E-state index contributed by atoms with van der Waals surface area (Å²) >= 11 is 1.76. The molecule has 29 heavy (non-hydrogen) atoms. The minimum absolute atomic E-state index is 0.0405. The zero-order valence-corrected chi connectivity index (χ0v) is 18.5. The molecule has 0 spiro atoms. The number of hydrogen-bond donors (Lipinski definition) is 1. The third kappa shape index (κ3) is 4.74. The summed E-state index contributed by atoms with van der Waals surface area (Å²) in [6.07, 6.45) is 3.89. The zero-order chi connectivity index (χ0) is 20.6. The van der Waals surface area contributed by atoms with Crippen molar-refractivity contribution >= 4 is 23.3 Å². The van der Waals surface area contributed by atoms with Gasteiger partial charge in [0, 0.05) is 43.4 Å². The molecule has 1 aromatic heterocycles. The second kappa shape index (κ2) is 8.22. The van der Waals surface area contributed by atoms with Gasteiger partial charge in [-0.25, -0.2) is 9.78 Å². The van der Waals surface area contributed by atoms with Crippen LogP contribution in [0.25, 0.3) is 0 Å². The van der Waals surface area contributed by atoms with E-state index in [2.05, 4.69) is 31.5 Å². The number of hydrogen-bond acceptors (Lipinski definition) is 5. The highest BCUT2D eigenvalue weighted by Crippen LogP contribution is 2.28. The second-order valence-electron chi connectivity index (χ2n) is 9.55. The van der Waals surface area contributed by atoms with Crippen molar-refractivity contribution < 1.29 is 14.3 Å². The lowest BCUT2D eigenvalue weighted by molar-refractivity contribution is -0.139. The van der Waals surface area contributed by atoms with E-state index in [1.807, 2.05) is 9.80 Å². The van der Waals surface area contributed by atoms with E-state index in [0.29, 0.717) is 19.0 Å². The number of likely N-dealkylation sites (tertiary alicyclic amines) is 2. The van der Waals surface area contributed by atoms with E-state index < -0.39 is 0 Å². The van der Waals surface area contributed by atoms with Gasteiger partial charge in [-0.05, 0) is 25.2 Å². The summed E-state index contributed by atoms with van der Waals surface area (Å²) in [5.41, 5.74) is 1.27. The number of carbonyl (C=O) groups excluding carboxylic acids is 2. The highest BCUT2D eigenvalue weighted by Gasteiger charge is 2.38. The van der Waals surface area contributed by atoms with Gasteiger partial charge in [-0.15, -0.1) is 11.3 Å². The molecule has 160 valence electrons. The number of aromatic nitrogens is 1. The van der Waals surface area contributed by atoms with Gasteiger partial charge in [0.1, 0.15) is 6.61 Å². The van der Waals surface area contributed by atoms with Gasteiger partial charge in [0.05, 0.1) is 22.8 Å². The molecule has 4 rings (SSSR count). The normalized spacial score (nSPS) is 26.2. The number of piperidine rings is 2. The molecule has 3 saturated heterocycles. The fraction of sp³-hybridized carbons (Fsp3) is 0.762. The molecule has 4 heterocycles. The van der Waals surface area contributed by atoms with Gasteiger partial charge in [0.15, 0.2) is 0 Å². The molecular formula is C21H32N4O3S. The third-order valence-electron chi connectivity index (χ3n) is 6.26. The summed E-state index contributed by atoms with van der Waals surface area (Å²) in [5, 5.41) is 6.37. The van der Waals surface area contributed by atoms with Crippen molar-refractivity contribution in [2.45, 2.75) is 64.0 Å². The van der Waals surface area contributed by atoms with Gasteiger partial charge >= 0.3 is 6.03 Å². The SMILES string of the molecule is CC(C)(C)c1csc(CC2CCN(C(=O)N3CC[C@@H]4OCC(=O)N[C@@H]4C3)CC2)n1. The largest absolute Gasteiger partial charge is 0.366 e. The van der Waals surface area contributed by atoms with Crippen LogP contribution in [0.2, 0.25) is 0 Å². The van der Waals surface area contributed by atoms with Crippen molar-refractivity contribution in [2.75, 3.05) is 32.8 Å². The van der Waals surface area contributed by atoms with Crippen LogP contribution in [-0.4, -0.2) is 71.7 Å². The van der Waals surface area contributed by atoms with E-state index in [1.165, 1.54) is 10.7 Å². The van der Waals surface area contributed by atoms with E-state index in [9.17, 15) is 9.59 Å². The molecule has 8 heteroatoms. The molecule has 3 fully saturated rings. The fourth-order valence-electron chi connectivity index (χ4n) is 4.40. The zero-order valence-electron chi connectivity index (χ0n) is 17.6. The highest BCUT2D eigenvalue weighted by molar-refractivity contribution is 7.09. The molecule has 0 saturated carbocycles. The van der Waals surface area contributed by atoms with Crippen molar-refractivity contribution in [3.63, 3.8) is 0 Å². The minimum Gasteiger partial charge on any atom is -0.366 e. The number of ether oxygens (including phenoxy) is 1. The average molecular weight is 421 g/mol. The average Bonchev–Trinajstić information content (AvgIpc) is 3.16. The first-order valence-electron chi connectivity index (χ1n) is 10.7. The Morgan fingerprint density at radius 2 is 1.97 bits per heavy atom. The number of thiazole rings is 1. The molecule has 1 N–H and O–H groups in total. The number of nitrogens with one attached hydrogen (secondary N) is 1. The summed E-state index contributed by atoms with van der Waals surface area (Å²) in [7, 11) is 0. The Labute approximate surface area is 176 Å². The predicted molar refractivity (Wildman–Crippen MR) is 112 cm³/mol. The lowest BCUT2D eigenvalue weighted by atomic mass is 9.92. The molecule has 3 aliphatic heterocycles. The Kier molecular flexibility index (Phi) is 5.84. The van der Waals surface area contributed by atoms with Crippen molar-refractivity contribution in [3.05, 3.63) is 16.1 Å². The van der Waals surface area contributed by atoms with Gasteiger partial charge in [-0.3, -0.25) is 4.79 Å². The summed E-state index contributed by atoms with van der Waals surface area (Å²) in [5.74, 6) is 0.507. The van der Waals surface area contributed by atoms with Gasteiger partial charge in [-0.2, -0.15) is 0 Å². The molecule has 0 aliphatic carbocycles. The standard InChI is InChI=1S/C21H32N4O3S/c1-21(2,3)17-13-29-19(23-17)10-14-4-7-24(8-5-14)20(27)25-9-6-16-15(11-25)22-18(26)12-28-16/h13-16H,4-12H2,1-3H3,(H,22,26)/t15-,16+/m1/s1. The lowest BCUT2D eigenvalue weighted by Crippen LogP contribution is -2.62. The Morgan fingerprint density at radius 1 is 1.24 bits per heavy atom. The number of fused-ring (bicyclic) bond motifs is 1. The van der Waals surface area contributed by atoms with Gasteiger partial charge in [0.2, 0.25) is 5.91 Å². The summed E-state index contributed by atoms with van der Waals surface area (Å²) < 4.78 is 5.59. The predicted octanol–water partition coefficient (Wildman–Crippen LogP) is 2.40. The monoisotopic (exact) mass is 420 g/mol. The van der Waals surface area contributed by atoms with Crippen LogP contribution in [0.1, 0.15) is 50.7 Å². The minimum atomic E-state index is -0.0850. The van der Waals surface area contributed by atoms with Crippen molar-refractivity contribution in [3.8, 4) is 0 Å². The van der Waals surface area contributed by atoms with Crippen LogP contribution in [0, 0.1) is 5.92 Å². The molecule has 0 aromatic carbocycles. The maximum absolute atomic E-state index is 13.0. The molecule has 3 amide bonds. The highest BCUT2D eigenvalue weighted by atomic mass is 32.1. The Morgan fingerprint density at radius 3 is 2.66 bits per heavy atom. The van der Waals surface area contributed by atoms with E-state index in [-0.39, 0.29) is 36.1 Å². The van der Waals surface area contributed by atoms with Crippen LogP contribution in [0.5, 0.6) is 0 Å². The number of nitrogens with zero attached hydrogens (tertiary/aromatic N) is 3. The quantitative estimate of drug-likeness (QED) is 0.797. The molecule has 7 nitrogen and oxygen atoms in total. The van der Waals surface area contributed by atoms with Crippen molar-refractivity contribution in [2.24, 2.45) is 5.92 Å². The Bertz CT molecular complexity index is 751. The lowest BCUT2D eigenvalue weighted by Gasteiger charge is -2.43. The maximum atomic E-state index is 13.0. The van der Waals surface area contributed by atoms with Gasteiger partial charge in [-0.1, -0.05) is 20.8 Å². The topological polar surface area (TPSA) is 74.8 Å². The second-order valence-corrected chi connectivity index (χ2v) is 10.5. The van der Waals surface area contributed by atoms with Crippen LogP contribution in [0.3, 0.4) is 0 Å². The van der Waals surface area contributed by atoms with Crippen LogP contribution in [0.4, 0.5) is 4.79 Å². The molecular weight excluding hydrogens is 388 g/mol. The Balaban J connectivity index is 1.26. The first-order chi connectivity index (χ1) is 13.8. The van der Waals surface area contributed by atoms with Crippen LogP contribution >= 0.6 is 11.3 Å². The molecule has 0 bridgehead atoms. The van der Waals surface area contributed by atoms with E-state index >= 15 is 0 Å². The van der Waals surface area contributed by atoms with Crippen LogP contribution in [-0.2, 0) is 21.4 Å². The summed E-state index contributed by atoms with van der Waals surface area (Å²) in [4.78, 5) is 33.3. The van der Waals surface area contributed by atoms with Gasteiger partial charge < -0.3 is 19.9 Å².